The molecule has 0 radical (unpaired) electrons. The van der Waals surface area contributed by atoms with Gasteiger partial charge in [0, 0.05) is 6.54 Å². The first-order valence-electron chi connectivity index (χ1n) is 6.49. The summed E-state index contributed by atoms with van der Waals surface area (Å²) < 4.78 is 40.5. The van der Waals surface area contributed by atoms with Gasteiger partial charge in [-0.25, -0.2) is 12.8 Å². The van der Waals surface area contributed by atoms with Crippen LogP contribution >= 0.6 is 11.3 Å². The van der Waals surface area contributed by atoms with Crippen LogP contribution in [0.15, 0.2) is 33.9 Å². The fraction of sp³-hybridized carbons (Fsp3) is 0.286. The number of hydrogen-bond donors (Lipinski definition) is 2. The minimum atomic E-state index is -3.68. The van der Waals surface area contributed by atoms with Crippen molar-refractivity contribution in [3.05, 3.63) is 46.6 Å². The Morgan fingerprint density at radius 2 is 2.00 bits per heavy atom. The highest BCUT2D eigenvalue weighted by atomic mass is 32.2. The summed E-state index contributed by atoms with van der Waals surface area (Å²) in [6, 6.07) is 5.73. The van der Waals surface area contributed by atoms with E-state index in [-0.39, 0.29) is 9.90 Å². The fourth-order valence-electron chi connectivity index (χ4n) is 1.86. The van der Waals surface area contributed by atoms with Crippen LogP contribution in [0.5, 0.6) is 0 Å². The Morgan fingerprint density at radius 1 is 1.24 bits per heavy atom. The lowest BCUT2D eigenvalue weighted by molar-refractivity contribution is 0.603. The SMILES string of the molecule is CCNCc1csc(S(=O)(=O)Nc2cc(C)cc(F)c2)c1. The quantitative estimate of drug-likeness (QED) is 0.856. The monoisotopic (exact) mass is 328 g/mol. The molecule has 0 aliphatic carbocycles. The molecule has 0 saturated carbocycles. The Morgan fingerprint density at radius 3 is 2.67 bits per heavy atom. The summed E-state index contributed by atoms with van der Waals surface area (Å²) in [4.78, 5) is 0. The summed E-state index contributed by atoms with van der Waals surface area (Å²) >= 11 is 1.15. The molecule has 2 rings (SSSR count). The zero-order valence-electron chi connectivity index (χ0n) is 11.8. The zero-order chi connectivity index (χ0) is 15.5. The zero-order valence-corrected chi connectivity index (χ0v) is 13.4. The van der Waals surface area contributed by atoms with Crippen molar-refractivity contribution in [3.8, 4) is 0 Å². The number of aryl methyl sites for hydroxylation is 1. The van der Waals surface area contributed by atoms with Gasteiger partial charge in [-0.1, -0.05) is 6.92 Å². The van der Waals surface area contributed by atoms with Gasteiger partial charge in [0.15, 0.2) is 0 Å². The number of halogens is 1. The maximum Gasteiger partial charge on any atom is 0.271 e. The van der Waals surface area contributed by atoms with E-state index < -0.39 is 15.8 Å². The molecule has 1 aromatic heterocycles. The molecule has 7 heteroatoms. The Labute approximate surface area is 128 Å². The molecule has 0 spiro atoms. The van der Waals surface area contributed by atoms with Gasteiger partial charge in [-0.15, -0.1) is 11.3 Å². The molecular weight excluding hydrogens is 311 g/mol. The molecule has 0 aliphatic rings. The molecule has 2 N–H and O–H groups in total. The van der Waals surface area contributed by atoms with Crippen LogP contribution in [0.4, 0.5) is 10.1 Å². The fourth-order valence-corrected chi connectivity index (χ4v) is 4.11. The highest BCUT2D eigenvalue weighted by Crippen LogP contribution is 2.24. The minimum Gasteiger partial charge on any atom is -0.313 e. The summed E-state index contributed by atoms with van der Waals surface area (Å²) in [6.07, 6.45) is 0. The van der Waals surface area contributed by atoms with E-state index >= 15 is 0 Å². The molecule has 2 aromatic rings. The van der Waals surface area contributed by atoms with Crippen molar-refractivity contribution < 1.29 is 12.8 Å². The van der Waals surface area contributed by atoms with Gasteiger partial charge in [0.1, 0.15) is 10.0 Å². The summed E-state index contributed by atoms with van der Waals surface area (Å²) in [6.45, 7) is 5.14. The molecule has 0 amide bonds. The Kier molecular flexibility index (Phi) is 4.97. The molecule has 0 saturated heterocycles. The van der Waals surface area contributed by atoms with Crippen molar-refractivity contribution in [2.24, 2.45) is 0 Å². The van der Waals surface area contributed by atoms with Crippen molar-refractivity contribution in [2.75, 3.05) is 11.3 Å². The van der Waals surface area contributed by atoms with E-state index in [1.165, 1.54) is 6.07 Å². The molecular formula is C14H17FN2O2S2. The molecule has 0 aliphatic heterocycles. The highest BCUT2D eigenvalue weighted by molar-refractivity contribution is 7.94. The van der Waals surface area contributed by atoms with E-state index in [4.69, 9.17) is 0 Å². The summed E-state index contributed by atoms with van der Waals surface area (Å²) in [7, 11) is -3.68. The summed E-state index contributed by atoms with van der Waals surface area (Å²) in [5, 5.41) is 4.94. The van der Waals surface area contributed by atoms with Gasteiger partial charge in [0.05, 0.1) is 5.69 Å². The largest absolute Gasteiger partial charge is 0.313 e. The second-order valence-corrected chi connectivity index (χ2v) is 7.50. The van der Waals surface area contributed by atoms with Crippen LogP contribution in [-0.4, -0.2) is 15.0 Å². The number of sulfonamides is 1. The molecule has 0 bridgehead atoms. The Bertz CT molecular complexity index is 706. The van der Waals surface area contributed by atoms with Gasteiger partial charge in [-0.05, 0) is 54.2 Å². The maximum absolute atomic E-state index is 13.3. The van der Waals surface area contributed by atoms with Gasteiger partial charge in [0.25, 0.3) is 10.0 Å². The second kappa shape index (κ2) is 6.55. The average Bonchev–Trinajstić information content (AvgIpc) is 2.84. The number of anilines is 1. The van der Waals surface area contributed by atoms with Crippen LogP contribution in [0.25, 0.3) is 0 Å². The molecule has 0 fully saturated rings. The third-order valence-electron chi connectivity index (χ3n) is 2.77. The average molecular weight is 328 g/mol. The molecule has 4 nitrogen and oxygen atoms in total. The first-order valence-corrected chi connectivity index (χ1v) is 8.85. The number of thiophene rings is 1. The third kappa shape index (κ3) is 4.26. The first-order chi connectivity index (χ1) is 9.90. The molecule has 1 heterocycles. The normalized spacial score (nSPS) is 11.6. The van der Waals surface area contributed by atoms with E-state index in [0.717, 1.165) is 29.5 Å². The van der Waals surface area contributed by atoms with Crippen molar-refractivity contribution in [1.29, 1.82) is 0 Å². The molecule has 114 valence electrons. The minimum absolute atomic E-state index is 0.220. The van der Waals surface area contributed by atoms with Crippen LogP contribution in [0.2, 0.25) is 0 Å². The number of benzene rings is 1. The van der Waals surface area contributed by atoms with E-state index in [1.807, 2.05) is 6.92 Å². The van der Waals surface area contributed by atoms with Crippen molar-refractivity contribution in [2.45, 2.75) is 24.6 Å². The van der Waals surface area contributed by atoms with E-state index in [0.29, 0.717) is 12.1 Å². The molecule has 1 aromatic carbocycles. The lowest BCUT2D eigenvalue weighted by atomic mass is 10.2. The Balaban J connectivity index is 2.19. The van der Waals surface area contributed by atoms with Crippen LogP contribution < -0.4 is 10.0 Å². The van der Waals surface area contributed by atoms with Crippen LogP contribution in [0.1, 0.15) is 18.1 Å². The highest BCUT2D eigenvalue weighted by Gasteiger charge is 2.17. The number of hydrogen-bond acceptors (Lipinski definition) is 4. The van der Waals surface area contributed by atoms with E-state index in [2.05, 4.69) is 10.0 Å². The van der Waals surface area contributed by atoms with Gasteiger partial charge in [0.2, 0.25) is 0 Å². The van der Waals surface area contributed by atoms with Gasteiger partial charge in [-0.3, -0.25) is 4.72 Å². The van der Waals surface area contributed by atoms with Crippen LogP contribution in [-0.2, 0) is 16.6 Å². The standard InChI is InChI=1S/C14H17FN2O2S2/c1-3-16-8-11-6-14(20-9-11)21(18,19)17-13-5-10(2)4-12(15)7-13/h4-7,9,16-17H,3,8H2,1-2H3. The Hall–Kier alpha value is -1.44. The van der Waals surface area contributed by atoms with Crippen LogP contribution in [0.3, 0.4) is 0 Å². The van der Waals surface area contributed by atoms with Crippen LogP contribution in [0, 0.1) is 12.7 Å². The maximum atomic E-state index is 13.3. The summed E-state index contributed by atoms with van der Waals surface area (Å²) in [5.41, 5.74) is 1.80. The van der Waals surface area contributed by atoms with Crippen molar-refractivity contribution in [3.63, 3.8) is 0 Å². The van der Waals surface area contributed by atoms with Crippen molar-refractivity contribution >= 4 is 27.0 Å². The number of rotatable bonds is 6. The number of nitrogens with one attached hydrogen (secondary N) is 2. The second-order valence-electron chi connectivity index (χ2n) is 4.68. The van der Waals surface area contributed by atoms with Gasteiger partial charge < -0.3 is 5.32 Å². The van der Waals surface area contributed by atoms with E-state index in [1.54, 1.807) is 24.4 Å². The topological polar surface area (TPSA) is 58.2 Å². The third-order valence-corrected chi connectivity index (χ3v) is 5.64. The lowest BCUT2D eigenvalue weighted by Gasteiger charge is -2.07. The van der Waals surface area contributed by atoms with Gasteiger partial charge in [-0.2, -0.15) is 0 Å². The molecule has 21 heavy (non-hydrogen) atoms. The molecule has 0 atom stereocenters. The predicted octanol–water partition coefficient (Wildman–Crippen LogP) is 3.11. The lowest BCUT2D eigenvalue weighted by Crippen LogP contribution is -2.13. The molecule has 0 unspecified atom stereocenters. The van der Waals surface area contributed by atoms with Crippen molar-refractivity contribution in [1.82, 2.24) is 5.32 Å². The first kappa shape index (κ1) is 15.9. The van der Waals surface area contributed by atoms with Gasteiger partial charge >= 0.3 is 0 Å². The smallest absolute Gasteiger partial charge is 0.271 e. The van der Waals surface area contributed by atoms with E-state index in [9.17, 15) is 12.8 Å². The summed E-state index contributed by atoms with van der Waals surface area (Å²) in [5.74, 6) is -0.466. The predicted molar refractivity (Wildman–Crippen MR) is 83.6 cm³/mol.